The predicted molar refractivity (Wildman–Crippen MR) is 65.7 cm³/mol. The third-order valence-corrected chi connectivity index (χ3v) is 2.66. The highest BCUT2D eigenvalue weighted by Gasteiger charge is 2.36. The van der Waals surface area contributed by atoms with Crippen molar-refractivity contribution in [3.8, 4) is 0 Å². The summed E-state index contributed by atoms with van der Waals surface area (Å²) >= 11 is 0. The van der Waals surface area contributed by atoms with Crippen LogP contribution in [0, 0.1) is 11.3 Å². The first-order valence-electron chi connectivity index (χ1n) is 5.62. The van der Waals surface area contributed by atoms with Gasteiger partial charge in [-0.15, -0.1) is 0 Å². The number of carboxylic acids is 1. The van der Waals surface area contributed by atoms with Gasteiger partial charge in [0.15, 0.2) is 5.78 Å². The van der Waals surface area contributed by atoms with Crippen molar-refractivity contribution in [2.45, 2.75) is 27.2 Å². The Kier molecular flexibility index (Phi) is 4.05. The summed E-state index contributed by atoms with van der Waals surface area (Å²) in [5.41, 5.74) is 0.297. The third-order valence-electron chi connectivity index (χ3n) is 2.66. The quantitative estimate of drug-likeness (QED) is 0.814. The fourth-order valence-electron chi connectivity index (χ4n) is 1.89. The molecular formula is C14H18O3. The molecule has 1 aromatic carbocycles. The minimum absolute atomic E-state index is 0.176. The largest absolute Gasteiger partial charge is 0.481 e. The molecule has 3 nitrogen and oxygen atoms in total. The number of benzene rings is 1. The molecule has 1 atom stereocenters. The van der Waals surface area contributed by atoms with Gasteiger partial charge in [0.1, 0.15) is 5.92 Å². The first kappa shape index (κ1) is 13.4. The minimum Gasteiger partial charge on any atom is -0.481 e. The molecular weight excluding hydrogens is 216 g/mol. The standard InChI is InChI=1S/C14H18O3/c1-14(2,3)12(13(16)17)11(15)9-10-7-5-4-6-8-10/h4-8,12H,9H2,1-3H3,(H,16,17). The highest BCUT2D eigenvalue weighted by Crippen LogP contribution is 2.28. The lowest BCUT2D eigenvalue weighted by atomic mass is 9.77. The zero-order chi connectivity index (χ0) is 13.1. The molecule has 1 aromatic rings. The fraction of sp³-hybridized carbons (Fsp3) is 0.429. The van der Waals surface area contributed by atoms with Gasteiger partial charge >= 0.3 is 5.97 Å². The van der Waals surface area contributed by atoms with Crippen LogP contribution in [0.2, 0.25) is 0 Å². The van der Waals surface area contributed by atoms with Gasteiger partial charge in [0.2, 0.25) is 0 Å². The number of aliphatic carboxylic acids is 1. The van der Waals surface area contributed by atoms with Gasteiger partial charge in [-0.25, -0.2) is 0 Å². The summed E-state index contributed by atoms with van der Waals surface area (Å²) in [5.74, 6) is -2.24. The molecule has 0 aliphatic carbocycles. The normalized spacial score (nSPS) is 13.1. The van der Waals surface area contributed by atoms with Crippen LogP contribution in [0.1, 0.15) is 26.3 Å². The van der Waals surface area contributed by atoms with Gasteiger partial charge in [-0.3, -0.25) is 9.59 Å². The summed E-state index contributed by atoms with van der Waals surface area (Å²) in [7, 11) is 0. The van der Waals surface area contributed by atoms with Crippen molar-refractivity contribution in [1.82, 2.24) is 0 Å². The highest BCUT2D eigenvalue weighted by atomic mass is 16.4. The van der Waals surface area contributed by atoms with Gasteiger partial charge in [0.05, 0.1) is 0 Å². The molecule has 1 N–H and O–H groups in total. The molecule has 0 radical (unpaired) electrons. The molecule has 0 aliphatic rings. The van der Waals surface area contributed by atoms with E-state index in [-0.39, 0.29) is 12.2 Å². The Morgan fingerprint density at radius 2 is 1.71 bits per heavy atom. The Balaban J connectivity index is 2.84. The average molecular weight is 234 g/mol. The lowest BCUT2D eigenvalue weighted by Crippen LogP contribution is -2.36. The van der Waals surface area contributed by atoms with Gasteiger partial charge in [-0.2, -0.15) is 0 Å². The molecule has 0 heterocycles. The second-order valence-corrected chi connectivity index (χ2v) is 5.27. The molecule has 0 fully saturated rings. The SMILES string of the molecule is CC(C)(C)C(C(=O)O)C(=O)Cc1ccccc1. The van der Waals surface area contributed by atoms with Gasteiger partial charge < -0.3 is 5.11 Å². The van der Waals surface area contributed by atoms with Crippen molar-refractivity contribution in [2.24, 2.45) is 11.3 Å². The molecule has 1 rings (SSSR count). The van der Waals surface area contributed by atoms with E-state index in [4.69, 9.17) is 5.11 Å². The molecule has 3 heteroatoms. The van der Waals surface area contributed by atoms with Crippen LogP contribution >= 0.6 is 0 Å². The summed E-state index contributed by atoms with van der Waals surface area (Å²) in [6.07, 6.45) is 0.176. The summed E-state index contributed by atoms with van der Waals surface area (Å²) in [6, 6.07) is 9.22. The van der Waals surface area contributed by atoms with Crippen molar-refractivity contribution >= 4 is 11.8 Å². The lowest BCUT2D eigenvalue weighted by molar-refractivity contribution is -0.150. The zero-order valence-corrected chi connectivity index (χ0v) is 10.4. The highest BCUT2D eigenvalue weighted by molar-refractivity contribution is 5.99. The van der Waals surface area contributed by atoms with E-state index in [2.05, 4.69) is 0 Å². The maximum Gasteiger partial charge on any atom is 0.314 e. The number of rotatable bonds is 4. The third kappa shape index (κ3) is 3.70. The van der Waals surface area contributed by atoms with Crippen molar-refractivity contribution < 1.29 is 14.7 Å². The van der Waals surface area contributed by atoms with E-state index >= 15 is 0 Å². The number of hydrogen-bond donors (Lipinski definition) is 1. The van der Waals surface area contributed by atoms with Crippen LogP contribution in [0.25, 0.3) is 0 Å². The first-order chi connectivity index (χ1) is 7.82. The summed E-state index contributed by atoms with van der Waals surface area (Å²) in [5, 5.41) is 9.14. The number of carboxylic acid groups (broad SMARTS) is 1. The number of carbonyl (C=O) groups excluding carboxylic acids is 1. The Hall–Kier alpha value is -1.64. The molecule has 0 saturated carbocycles. The van der Waals surface area contributed by atoms with Crippen LogP contribution in [0.5, 0.6) is 0 Å². The monoisotopic (exact) mass is 234 g/mol. The van der Waals surface area contributed by atoms with Crippen LogP contribution in [0.15, 0.2) is 30.3 Å². The molecule has 0 aromatic heterocycles. The molecule has 0 saturated heterocycles. The Morgan fingerprint density at radius 1 is 1.18 bits per heavy atom. The van der Waals surface area contributed by atoms with Crippen LogP contribution in [-0.2, 0) is 16.0 Å². The molecule has 92 valence electrons. The molecule has 17 heavy (non-hydrogen) atoms. The van der Waals surface area contributed by atoms with Crippen LogP contribution in [-0.4, -0.2) is 16.9 Å². The van der Waals surface area contributed by atoms with Crippen molar-refractivity contribution in [1.29, 1.82) is 0 Å². The fourth-order valence-corrected chi connectivity index (χ4v) is 1.89. The molecule has 0 spiro atoms. The van der Waals surface area contributed by atoms with E-state index < -0.39 is 17.3 Å². The first-order valence-corrected chi connectivity index (χ1v) is 5.62. The van der Waals surface area contributed by atoms with Crippen molar-refractivity contribution in [3.05, 3.63) is 35.9 Å². The summed E-state index contributed by atoms with van der Waals surface area (Å²) < 4.78 is 0. The topological polar surface area (TPSA) is 54.4 Å². The van der Waals surface area contributed by atoms with E-state index in [1.807, 2.05) is 30.3 Å². The molecule has 0 bridgehead atoms. The van der Waals surface area contributed by atoms with Gasteiger partial charge in [-0.05, 0) is 11.0 Å². The second-order valence-electron chi connectivity index (χ2n) is 5.27. The van der Waals surface area contributed by atoms with Gasteiger partial charge in [0.25, 0.3) is 0 Å². The summed E-state index contributed by atoms with van der Waals surface area (Å²) in [6.45, 7) is 5.32. The second kappa shape index (κ2) is 5.13. The number of ketones is 1. The van der Waals surface area contributed by atoms with E-state index in [1.165, 1.54) is 0 Å². The smallest absolute Gasteiger partial charge is 0.314 e. The van der Waals surface area contributed by atoms with E-state index in [9.17, 15) is 9.59 Å². The van der Waals surface area contributed by atoms with Crippen LogP contribution in [0.3, 0.4) is 0 Å². The maximum atomic E-state index is 12.0. The number of Topliss-reactive ketones (excluding diaryl/α,β-unsaturated/α-hetero) is 1. The minimum atomic E-state index is -1.04. The molecule has 1 unspecified atom stereocenters. The van der Waals surface area contributed by atoms with Gasteiger partial charge in [-0.1, -0.05) is 51.1 Å². The maximum absolute atomic E-state index is 12.0. The average Bonchev–Trinajstić information content (AvgIpc) is 2.15. The van der Waals surface area contributed by atoms with E-state index in [1.54, 1.807) is 20.8 Å². The Morgan fingerprint density at radius 3 is 2.12 bits per heavy atom. The van der Waals surface area contributed by atoms with Crippen molar-refractivity contribution in [2.75, 3.05) is 0 Å². The molecule has 0 amide bonds. The Bertz CT molecular complexity index is 401. The van der Waals surface area contributed by atoms with Crippen LogP contribution < -0.4 is 0 Å². The van der Waals surface area contributed by atoms with E-state index in [0.717, 1.165) is 5.56 Å². The zero-order valence-electron chi connectivity index (χ0n) is 10.4. The number of hydrogen-bond acceptors (Lipinski definition) is 2. The lowest BCUT2D eigenvalue weighted by Gasteiger charge is -2.25. The number of carbonyl (C=O) groups is 2. The van der Waals surface area contributed by atoms with Gasteiger partial charge in [0, 0.05) is 6.42 Å². The van der Waals surface area contributed by atoms with Crippen LogP contribution in [0.4, 0.5) is 0 Å². The predicted octanol–water partition coefficient (Wildman–Crippen LogP) is 2.55. The van der Waals surface area contributed by atoms with E-state index in [0.29, 0.717) is 0 Å². The van der Waals surface area contributed by atoms with Crippen molar-refractivity contribution in [3.63, 3.8) is 0 Å². The molecule has 0 aliphatic heterocycles. The summed E-state index contributed by atoms with van der Waals surface area (Å²) in [4.78, 5) is 23.2. The Labute approximate surface area is 101 Å².